The summed E-state index contributed by atoms with van der Waals surface area (Å²) in [4.78, 5) is 35.0. The molecule has 22 heavy (non-hydrogen) atoms. The number of ketones is 2. The van der Waals surface area contributed by atoms with Crippen LogP contribution in [0.3, 0.4) is 0 Å². The van der Waals surface area contributed by atoms with Crippen LogP contribution in [0.5, 0.6) is 0 Å². The van der Waals surface area contributed by atoms with Crippen LogP contribution in [-0.2, 0) is 4.79 Å². The fourth-order valence-electron chi connectivity index (χ4n) is 2.16. The molecular weight excluding hydrogens is 299 g/mol. The molecule has 1 aliphatic carbocycles. The minimum Gasteiger partial charge on any atom is -0.348 e. The van der Waals surface area contributed by atoms with E-state index in [1.165, 1.54) is 19.1 Å². The first-order valence-electron chi connectivity index (χ1n) is 6.46. The third kappa shape index (κ3) is 3.08. The van der Waals surface area contributed by atoms with E-state index in [2.05, 4.69) is 0 Å². The molecule has 0 radical (unpaired) electrons. The van der Waals surface area contributed by atoms with Gasteiger partial charge in [-0.05, 0) is 6.08 Å². The lowest BCUT2D eigenvalue weighted by molar-refractivity contribution is -0.173. The molecule has 116 valence electrons. The molecule has 0 bridgehead atoms. The zero-order chi connectivity index (χ0) is 16.5. The number of halogens is 3. The van der Waals surface area contributed by atoms with E-state index in [1.807, 2.05) is 0 Å². The maximum Gasteiger partial charge on any atom is 0.471 e. The Bertz CT molecular complexity index is 677. The summed E-state index contributed by atoms with van der Waals surface area (Å²) in [5.41, 5.74) is 0.577. The number of alkyl halides is 3. The van der Waals surface area contributed by atoms with Crippen LogP contribution in [0.4, 0.5) is 13.2 Å². The molecule has 0 saturated carbocycles. The quantitative estimate of drug-likeness (QED) is 0.931. The third-order valence-corrected chi connectivity index (χ3v) is 3.34. The second-order valence-electron chi connectivity index (χ2n) is 4.95. The molecule has 0 fully saturated rings. The van der Waals surface area contributed by atoms with Gasteiger partial charge in [0.25, 0.3) is 0 Å². The average molecular weight is 311 g/mol. The van der Waals surface area contributed by atoms with Gasteiger partial charge in [0.05, 0.1) is 0 Å². The van der Waals surface area contributed by atoms with Crippen molar-refractivity contribution in [1.29, 1.82) is 0 Å². The van der Waals surface area contributed by atoms with Crippen molar-refractivity contribution >= 4 is 17.5 Å². The van der Waals surface area contributed by atoms with E-state index in [1.54, 1.807) is 17.4 Å². The molecule has 1 aromatic carbocycles. The molecule has 2 rings (SSSR count). The molecule has 0 aromatic heterocycles. The molecule has 1 aromatic rings. The normalized spacial score (nSPS) is 15.9. The van der Waals surface area contributed by atoms with Gasteiger partial charge in [-0.25, -0.2) is 0 Å². The van der Waals surface area contributed by atoms with Gasteiger partial charge in [-0.15, -0.1) is 0 Å². The van der Waals surface area contributed by atoms with Crippen LogP contribution >= 0.6 is 0 Å². The molecule has 1 atom stereocenters. The second-order valence-corrected chi connectivity index (χ2v) is 4.95. The number of carbonyl (C=O) groups is 3. The fraction of sp³-hybridized carbons (Fsp3) is 0.267. The number of amides is 1. The van der Waals surface area contributed by atoms with Crippen LogP contribution < -0.4 is 5.32 Å². The number of hydrogen-bond donors (Lipinski definition) is 1. The average Bonchev–Trinajstić information content (AvgIpc) is 2.47. The van der Waals surface area contributed by atoms with E-state index in [4.69, 9.17) is 0 Å². The molecule has 1 amide bonds. The smallest absolute Gasteiger partial charge is 0.348 e. The highest BCUT2D eigenvalue weighted by Gasteiger charge is 2.39. The number of rotatable bonds is 3. The molecule has 0 heterocycles. The van der Waals surface area contributed by atoms with E-state index < -0.39 is 23.8 Å². The number of nitrogens with one attached hydrogen (secondary N) is 1. The molecule has 7 heteroatoms. The van der Waals surface area contributed by atoms with Crippen molar-refractivity contribution < 1.29 is 27.6 Å². The van der Waals surface area contributed by atoms with Crippen molar-refractivity contribution in [3.63, 3.8) is 0 Å². The summed E-state index contributed by atoms with van der Waals surface area (Å²) in [6.07, 6.45) is -3.86. The number of Topliss-reactive ketones (excluding diaryl/α,β-unsaturated/α-hetero) is 1. The lowest BCUT2D eigenvalue weighted by atomic mass is 9.84. The van der Waals surface area contributed by atoms with Gasteiger partial charge in [-0.3, -0.25) is 14.4 Å². The number of fused-ring (bicyclic) bond motifs is 1. The van der Waals surface area contributed by atoms with E-state index in [0.717, 1.165) is 6.08 Å². The van der Waals surface area contributed by atoms with Gasteiger partial charge < -0.3 is 5.32 Å². The Morgan fingerprint density at radius 2 is 1.77 bits per heavy atom. The summed E-state index contributed by atoms with van der Waals surface area (Å²) < 4.78 is 36.4. The summed E-state index contributed by atoms with van der Waals surface area (Å²) >= 11 is 0. The van der Waals surface area contributed by atoms with E-state index >= 15 is 0 Å². The van der Waals surface area contributed by atoms with E-state index in [-0.39, 0.29) is 29.0 Å². The minimum atomic E-state index is -4.98. The molecule has 0 saturated heterocycles. The highest BCUT2D eigenvalue weighted by Crippen LogP contribution is 2.25. The van der Waals surface area contributed by atoms with Crippen LogP contribution in [-0.4, -0.2) is 30.2 Å². The van der Waals surface area contributed by atoms with Crippen LogP contribution in [0, 0.1) is 5.92 Å². The Morgan fingerprint density at radius 3 is 2.36 bits per heavy atom. The fourth-order valence-corrected chi connectivity index (χ4v) is 2.16. The second kappa shape index (κ2) is 5.75. The maximum atomic E-state index is 12.3. The van der Waals surface area contributed by atoms with Crippen molar-refractivity contribution in [2.24, 2.45) is 5.92 Å². The number of allylic oxidation sites excluding steroid dienone is 1. The van der Waals surface area contributed by atoms with Crippen LogP contribution in [0.2, 0.25) is 0 Å². The largest absolute Gasteiger partial charge is 0.471 e. The Kier molecular flexibility index (Phi) is 4.16. The highest BCUT2D eigenvalue weighted by atomic mass is 19.4. The zero-order valence-electron chi connectivity index (χ0n) is 11.5. The summed E-state index contributed by atoms with van der Waals surface area (Å²) in [6.45, 7) is 1.09. The highest BCUT2D eigenvalue weighted by molar-refractivity contribution is 6.24. The van der Waals surface area contributed by atoms with E-state index in [9.17, 15) is 27.6 Å². The van der Waals surface area contributed by atoms with Gasteiger partial charge in [-0.1, -0.05) is 31.2 Å². The van der Waals surface area contributed by atoms with Crippen LogP contribution in [0.15, 0.2) is 35.9 Å². The monoisotopic (exact) mass is 311 g/mol. The number of benzene rings is 1. The van der Waals surface area contributed by atoms with Gasteiger partial charge in [0.2, 0.25) is 0 Å². The molecule has 1 aliphatic rings. The number of hydrogen-bond acceptors (Lipinski definition) is 3. The minimum absolute atomic E-state index is 0.0891. The van der Waals surface area contributed by atoms with E-state index in [0.29, 0.717) is 0 Å². The van der Waals surface area contributed by atoms with Crippen molar-refractivity contribution in [3.05, 3.63) is 47.0 Å². The Morgan fingerprint density at radius 1 is 1.18 bits per heavy atom. The maximum absolute atomic E-state index is 12.3. The molecule has 1 N–H and O–H groups in total. The topological polar surface area (TPSA) is 63.2 Å². The zero-order valence-corrected chi connectivity index (χ0v) is 11.5. The molecule has 1 unspecified atom stereocenters. The molecule has 0 aliphatic heterocycles. The Hall–Kier alpha value is -2.44. The first-order valence-corrected chi connectivity index (χ1v) is 6.46. The first kappa shape index (κ1) is 15.9. The van der Waals surface area contributed by atoms with Crippen LogP contribution in [0.25, 0.3) is 0 Å². The molecule has 0 spiro atoms. The van der Waals surface area contributed by atoms with Gasteiger partial charge in [0.15, 0.2) is 11.6 Å². The van der Waals surface area contributed by atoms with Crippen LogP contribution in [0.1, 0.15) is 27.6 Å². The Balaban J connectivity index is 2.15. The van der Waals surface area contributed by atoms with Crippen molar-refractivity contribution in [2.75, 3.05) is 6.54 Å². The summed E-state index contributed by atoms with van der Waals surface area (Å²) in [7, 11) is 0. The third-order valence-electron chi connectivity index (χ3n) is 3.34. The lowest BCUT2D eigenvalue weighted by Gasteiger charge is -2.20. The van der Waals surface area contributed by atoms with Gasteiger partial charge in [0.1, 0.15) is 0 Å². The molecular formula is C15H12F3NO3. The lowest BCUT2D eigenvalue weighted by Crippen LogP contribution is -2.40. The van der Waals surface area contributed by atoms with Crippen molar-refractivity contribution in [3.8, 4) is 0 Å². The predicted octanol–water partition coefficient (Wildman–Crippen LogP) is 2.31. The molecule has 4 nitrogen and oxygen atoms in total. The SMILES string of the molecule is CC(CNC(=O)C(F)(F)F)C1=CC(=O)c2ccccc2C1=O. The summed E-state index contributed by atoms with van der Waals surface area (Å²) in [5.74, 6) is -3.57. The van der Waals surface area contributed by atoms with Gasteiger partial charge in [0, 0.05) is 29.2 Å². The van der Waals surface area contributed by atoms with Gasteiger partial charge >= 0.3 is 12.1 Å². The summed E-state index contributed by atoms with van der Waals surface area (Å²) in [5, 5.41) is 1.71. The first-order chi connectivity index (χ1) is 10.2. The van der Waals surface area contributed by atoms with Crippen molar-refractivity contribution in [2.45, 2.75) is 13.1 Å². The predicted molar refractivity (Wildman–Crippen MR) is 71.4 cm³/mol. The standard InChI is InChI=1S/C15H12F3NO3/c1-8(7-19-14(22)15(16,17)18)11-6-12(20)9-4-2-3-5-10(9)13(11)21/h2-6,8H,7H2,1H3,(H,19,22). The van der Waals surface area contributed by atoms with Crippen molar-refractivity contribution in [1.82, 2.24) is 5.32 Å². The Labute approximate surface area is 124 Å². The number of carbonyl (C=O) groups excluding carboxylic acids is 3. The van der Waals surface area contributed by atoms with Gasteiger partial charge in [-0.2, -0.15) is 13.2 Å². The summed E-state index contributed by atoms with van der Waals surface area (Å²) in [6, 6.07) is 6.22.